The van der Waals surface area contributed by atoms with E-state index in [1.165, 1.54) is 6.42 Å². The predicted molar refractivity (Wildman–Crippen MR) is 103 cm³/mol. The topological polar surface area (TPSA) is 60.2 Å². The van der Waals surface area contributed by atoms with Gasteiger partial charge in [0.15, 0.2) is 5.82 Å². The molecule has 1 aliphatic heterocycles. The van der Waals surface area contributed by atoms with E-state index in [-0.39, 0.29) is 11.7 Å². The van der Waals surface area contributed by atoms with Gasteiger partial charge in [-0.2, -0.15) is 0 Å². The van der Waals surface area contributed by atoms with Gasteiger partial charge >= 0.3 is 0 Å². The van der Waals surface area contributed by atoms with Crippen LogP contribution in [0.4, 0.5) is 0 Å². The van der Waals surface area contributed by atoms with Gasteiger partial charge in [0.2, 0.25) is 5.82 Å². The van der Waals surface area contributed by atoms with Gasteiger partial charge in [0.25, 0.3) is 5.91 Å². The van der Waals surface area contributed by atoms with Crippen molar-refractivity contribution in [3.63, 3.8) is 0 Å². The molecule has 1 aromatic heterocycles. The molecule has 1 fully saturated rings. The Morgan fingerprint density at radius 1 is 0.963 bits per heavy atom. The van der Waals surface area contributed by atoms with Gasteiger partial charge in [-0.1, -0.05) is 18.2 Å². The maximum atomic E-state index is 12.9. The summed E-state index contributed by atoms with van der Waals surface area (Å²) >= 11 is 0. The third kappa shape index (κ3) is 3.56. The number of hydrogen-bond acceptors (Lipinski definition) is 4. The summed E-state index contributed by atoms with van der Waals surface area (Å²) in [6.07, 6.45) is 3.25. The third-order valence-electron chi connectivity index (χ3n) is 4.79. The second-order valence-corrected chi connectivity index (χ2v) is 6.59. The summed E-state index contributed by atoms with van der Waals surface area (Å²) in [4.78, 5) is 19.4. The first-order valence-corrected chi connectivity index (χ1v) is 9.22. The number of para-hydroxylation sites is 1. The molecule has 1 saturated heterocycles. The number of rotatable bonds is 4. The van der Waals surface area contributed by atoms with Gasteiger partial charge in [-0.05, 0) is 55.7 Å². The maximum absolute atomic E-state index is 12.9. The summed E-state index contributed by atoms with van der Waals surface area (Å²) in [5.74, 6) is 1.56. The zero-order chi connectivity index (χ0) is 18.6. The van der Waals surface area contributed by atoms with Crippen molar-refractivity contribution in [1.29, 1.82) is 0 Å². The van der Waals surface area contributed by atoms with Crippen LogP contribution in [0.25, 0.3) is 17.1 Å². The Morgan fingerprint density at radius 2 is 1.67 bits per heavy atom. The van der Waals surface area contributed by atoms with Crippen LogP contribution in [0.1, 0.15) is 29.9 Å². The minimum atomic E-state index is -0.0980. The summed E-state index contributed by atoms with van der Waals surface area (Å²) in [6.45, 7) is 1.55. The Balaban J connectivity index is 1.75. The van der Waals surface area contributed by atoms with Crippen LogP contribution in [0.3, 0.4) is 0 Å². The highest BCUT2D eigenvalue weighted by Crippen LogP contribution is 2.24. The summed E-state index contributed by atoms with van der Waals surface area (Å²) in [7, 11) is 1.64. The molecule has 3 aromatic rings. The largest absolute Gasteiger partial charge is 0.497 e. The Labute approximate surface area is 158 Å². The maximum Gasteiger partial charge on any atom is 0.293 e. The number of benzene rings is 2. The molecule has 2 heterocycles. The smallest absolute Gasteiger partial charge is 0.293 e. The number of likely N-dealkylation sites (tertiary alicyclic amines) is 1. The summed E-state index contributed by atoms with van der Waals surface area (Å²) in [5.41, 5.74) is 1.75. The average Bonchev–Trinajstić information content (AvgIpc) is 3.20. The molecule has 6 heteroatoms. The Morgan fingerprint density at radius 3 is 2.33 bits per heavy atom. The van der Waals surface area contributed by atoms with Gasteiger partial charge in [0, 0.05) is 18.7 Å². The first-order valence-electron chi connectivity index (χ1n) is 9.22. The van der Waals surface area contributed by atoms with E-state index in [0.29, 0.717) is 5.82 Å². The van der Waals surface area contributed by atoms with Gasteiger partial charge in [-0.3, -0.25) is 4.79 Å². The molecule has 1 aliphatic rings. The molecule has 0 radical (unpaired) electrons. The number of amides is 1. The number of carbonyl (C=O) groups is 1. The number of hydrogen-bond donors (Lipinski definition) is 0. The fourth-order valence-electron chi connectivity index (χ4n) is 3.32. The van der Waals surface area contributed by atoms with Crippen LogP contribution in [0, 0.1) is 0 Å². The van der Waals surface area contributed by atoms with E-state index in [1.54, 1.807) is 11.8 Å². The molecule has 1 amide bonds. The Kier molecular flexibility index (Phi) is 4.87. The van der Waals surface area contributed by atoms with Crippen molar-refractivity contribution in [1.82, 2.24) is 19.7 Å². The number of methoxy groups -OCH3 is 1. The number of aromatic nitrogens is 3. The molecule has 2 aromatic carbocycles. The lowest BCUT2D eigenvalue weighted by Gasteiger charge is -2.25. The molecule has 0 bridgehead atoms. The summed E-state index contributed by atoms with van der Waals surface area (Å²) < 4.78 is 6.97. The first-order chi connectivity index (χ1) is 13.3. The quantitative estimate of drug-likeness (QED) is 0.712. The standard InChI is InChI=1S/C21H22N4O2/c1-27-18-12-10-16(11-13-18)20-22-19(21(26)24-14-6-3-7-15-24)23-25(20)17-8-4-2-5-9-17/h2,4-5,8-13H,3,6-7,14-15H2,1H3. The average molecular weight is 362 g/mol. The zero-order valence-electron chi connectivity index (χ0n) is 15.3. The van der Waals surface area contributed by atoms with Crippen molar-refractivity contribution < 1.29 is 9.53 Å². The van der Waals surface area contributed by atoms with Crippen LogP contribution in [-0.2, 0) is 0 Å². The number of carbonyl (C=O) groups excluding carboxylic acids is 1. The highest BCUT2D eigenvalue weighted by Gasteiger charge is 2.24. The fraction of sp³-hybridized carbons (Fsp3) is 0.286. The molecule has 0 unspecified atom stereocenters. The van der Waals surface area contributed by atoms with E-state index in [4.69, 9.17) is 4.74 Å². The van der Waals surface area contributed by atoms with Crippen LogP contribution in [0.15, 0.2) is 54.6 Å². The van der Waals surface area contributed by atoms with Gasteiger partial charge < -0.3 is 9.64 Å². The van der Waals surface area contributed by atoms with Crippen LogP contribution >= 0.6 is 0 Å². The second-order valence-electron chi connectivity index (χ2n) is 6.59. The molecule has 4 rings (SSSR count). The van der Waals surface area contributed by atoms with Gasteiger partial charge in [0.1, 0.15) is 5.75 Å². The van der Waals surface area contributed by atoms with E-state index in [2.05, 4.69) is 10.1 Å². The van der Waals surface area contributed by atoms with E-state index in [9.17, 15) is 4.79 Å². The lowest BCUT2D eigenvalue weighted by molar-refractivity contribution is 0.0712. The monoisotopic (exact) mass is 362 g/mol. The van der Waals surface area contributed by atoms with Crippen LogP contribution < -0.4 is 4.74 Å². The number of nitrogens with zero attached hydrogens (tertiary/aromatic N) is 4. The first kappa shape index (κ1) is 17.3. The van der Waals surface area contributed by atoms with Crippen LogP contribution in [0.2, 0.25) is 0 Å². The molecule has 0 spiro atoms. The molecule has 0 aliphatic carbocycles. The van der Waals surface area contributed by atoms with Crippen molar-refractivity contribution in [2.24, 2.45) is 0 Å². The summed E-state index contributed by atoms with van der Waals surface area (Å²) in [6, 6.07) is 17.4. The van der Waals surface area contributed by atoms with Crippen LogP contribution in [0.5, 0.6) is 5.75 Å². The number of piperidine rings is 1. The molecule has 0 saturated carbocycles. The highest BCUT2D eigenvalue weighted by molar-refractivity contribution is 5.91. The normalized spacial score (nSPS) is 14.2. The van der Waals surface area contributed by atoms with E-state index in [0.717, 1.165) is 42.9 Å². The Hall–Kier alpha value is -3.15. The van der Waals surface area contributed by atoms with Gasteiger partial charge in [-0.25, -0.2) is 9.67 Å². The van der Waals surface area contributed by atoms with Crippen molar-refractivity contribution in [3.8, 4) is 22.8 Å². The van der Waals surface area contributed by atoms with Crippen molar-refractivity contribution in [3.05, 3.63) is 60.4 Å². The van der Waals surface area contributed by atoms with Gasteiger partial charge in [-0.15, -0.1) is 5.10 Å². The van der Waals surface area contributed by atoms with Crippen molar-refractivity contribution in [2.75, 3.05) is 20.2 Å². The van der Waals surface area contributed by atoms with E-state index < -0.39 is 0 Å². The minimum absolute atomic E-state index is 0.0980. The molecule has 138 valence electrons. The minimum Gasteiger partial charge on any atom is -0.497 e. The second kappa shape index (κ2) is 7.61. The summed E-state index contributed by atoms with van der Waals surface area (Å²) in [5, 5.41) is 4.56. The number of ether oxygens (including phenoxy) is 1. The molecule has 0 atom stereocenters. The predicted octanol–water partition coefficient (Wildman–Crippen LogP) is 3.57. The van der Waals surface area contributed by atoms with E-state index in [1.807, 2.05) is 59.5 Å². The lowest BCUT2D eigenvalue weighted by atomic mass is 10.1. The molecular weight excluding hydrogens is 340 g/mol. The van der Waals surface area contributed by atoms with Gasteiger partial charge in [0.05, 0.1) is 12.8 Å². The molecule has 6 nitrogen and oxygen atoms in total. The SMILES string of the molecule is COc1ccc(-c2nc(C(=O)N3CCCCC3)nn2-c2ccccc2)cc1. The third-order valence-corrected chi connectivity index (χ3v) is 4.79. The zero-order valence-corrected chi connectivity index (χ0v) is 15.3. The van der Waals surface area contributed by atoms with Crippen LogP contribution in [-0.4, -0.2) is 45.8 Å². The molecule has 27 heavy (non-hydrogen) atoms. The Bertz CT molecular complexity index is 913. The van der Waals surface area contributed by atoms with E-state index >= 15 is 0 Å². The van der Waals surface area contributed by atoms with Crippen molar-refractivity contribution in [2.45, 2.75) is 19.3 Å². The highest BCUT2D eigenvalue weighted by atomic mass is 16.5. The lowest BCUT2D eigenvalue weighted by Crippen LogP contribution is -2.36. The molecular formula is C21H22N4O2. The van der Waals surface area contributed by atoms with Crippen molar-refractivity contribution >= 4 is 5.91 Å². The molecule has 0 N–H and O–H groups in total. The fourth-order valence-corrected chi connectivity index (χ4v) is 3.32.